The van der Waals surface area contributed by atoms with E-state index in [-0.39, 0.29) is 17.5 Å². The molecule has 1 aliphatic rings. The lowest BCUT2D eigenvalue weighted by molar-refractivity contribution is -0.385. The number of nitro groups is 1. The largest absolute Gasteiger partial charge is 0.325 e. The average Bonchev–Trinajstić information content (AvgIpc) is 3.04. The van der Waals surface area contributed by atoms with E-state index in [9.17, 15) is 14.9 Å². The van der Waals surface area contributed by atoms with E-state index in [1.54, 1.807) is 13.0 Å². The van der Waals surface area contributed by atoms with E-state index in [1.807, 2.05) is 6.92 Å². The number of amides is 1. The van der Waals surface area contributed by atoms with Crippen LogP contribution in [0.2, 0.25) is 0 Å². The highest BCUT2D eigenvalue weighted by Gasteiger charge is 2.30. The van der Waals surface area contributed by atoms with E-state index in [1.165, 1.54) is 6.07 Å². The molecule has 1 aromatic carbocycles. The van der Waals surface area contributed by atoms with E-state index < -0.39 is 4.92 Å². The highest BCUT2D eigenvalue weighted by atomic mass is 16.6. The second-order valence-electron chi connectivity index (χ2n) is 4.47. The number of rotatable bonds is 3. The van der Waals surface area contributed by atoms with Gasteiger partial charge in [0.05, 0.1) is 10.6 Å². The maximum Gasteiger partial charge on any atom is 0.274 e. The normalized spacial score (nSPS) is 14.5. The van der Waals surface area contributed by atoms with Gasteiger partial charge in [-0.3, -0.25) is 14.9 Å². The fourth-order valence-corrected chi connectivity index (χ4v) is 1.75. The first-order chi connectivity index (χ1) is 7.99. The quantitative estimate of drug-likeness (QED) is 0.645. The smallest absolute Gasteiger partial charge is 0.274 e. The SMILES string of the molecule is Cc1cc(C)c([N+](=O)[O-])cc1NC(=O)C1CC1. The predicted molar refractivity (Wildman–Crippen MR) is 63.9 cm³/mol. The first-order valence-corrected chi connectivity index (χ1v) is 5.55. The molecule has 1 fully saturated rings. The van der Waals surface area contributed by atoms with Gasteiger partial charge < -0.3 is 5.32 Å². The van der Waals surface area contributed by atoms with Crippen molar-refractivity contribution < 1.29 is 9.72 Å². The maximum absolute atomic E-state index is 11.6. The molecule has 2 rings (SSSR count). The summed E-state index contributed by atoms with van der Waals surface area (Å²) in [5, 5.41) is 13.6. The topological polar surface area (TPSA) is 72.2 Å². The summed E-state index contributed by atoms with van der Waals surface area (Å²) in [5.41, 5.74) is 2.04. The third kappa shape index (κ3) is 2.43. The first-order valence-electron chi connectivity index (χ1n) is 5.55. The minimum atomic E-state index is -0.429. The van der Waals surface area contributed by atoms with E-state index in [2.05, 4.69) is 5.32 Å². The standard InChI is InChI=1S/C12H14N2O3/c1-7-5-8(2)11(14(16)17)6-10(7)13-12(15)9-3-4-9/h5-6,9H,3-4H2,1-2H3,(H,13,15). The van der Waals surface area contributed by atoms with Crippen LogP contribution in [-0.2, 0) is 4.79 Å². The molecule has 0 saturated heterocycles. The van der Waals surface area contributed by atoms with Crippen molar-refractivity contribution in [2.45, 2.75) is 26.7 Å². The Kier molecular flexibility index (Phi) is 2.83. The number of nitro benzene ring substituents is 1. The van der Waals surface area contributed by atoms with Crippen molar-refractivity contribution in [3.63, 3.8) is 0 Å². The van der Waals surface area contributed by atoms with Gasteiger partial charge in [0.25, 0.3) is 5.69 Å². The molecule has 0 spiro atoms. The second-order valence-corrected chi connectivity index (χ2v) is 4.47. The molecule has 1 aromatic rings. The molecule has 1 saturated carbocycles. The Bertz CT molecular complexity index is 493. The van der Waals surface area contributed by atoms with Crippen molar-refractivity contribution in [1.29, 1.82) is 0 Å². The summed E-state index contributed by atoms with van der Waals surface area (Å²) in [7, 11) is 0. The molecule has 0 aromatic heterocycles. The molecule has 17 heavy (non-hydrogen) atoms. The first kappa shape index (κ1) is 11.6. The molecule has 0 radical (unpaired) electrons. The molecule has 5 heteroatoms. The summed E-state index contributed by atoms with van der Waals surface area (Å²) in [6.45, 7) is 3.52. The third-order valence-corrected chi connectivity index (χ3v) is 2.95. The summed E-state index contributed by atoms with van der Waals surface area (Å²) < 4.78 is 0. The van der Waals surface area contributed by atoms with Crippen molar-refractivity contribution in [2.24, 2.45) is 5.92 Å². The number of anilines is 1. The Morgan fingerprint density at radius 1 is 1.35 bits per heavy atom. The van der Waals surface area contributed by atoms with Crippen LogP contribution in [0.5, 0.6) is 0 Å². The molecule has 0 unspecified atom stereocenters. The summed E-state index contributed by atoms with van der Waals surface area (Å²) in [4.78, 5) is 22.0. The molecule has 0 aliphatic heterocycles. The van der Waals surface area contributed by atoms with Gasteiger partial charge >= 0.3 is 0 Å². The number of nitrogens with zero attached hydrogens (tertiary/aromatic N) is 1. The highest BCUT2D eigenvalue weighted by Crippen LogP contribution is 2.32. The number of carbonyl (C=O) groups is 1. The van der Waals surface area contributed by atoms with Crippen LogP contribution in [0.1, 0.15) is 24.0 Å². The van der Waals surface area contributed by atoms with Crippen molar-refractivity contribution in [3.05, 3.63) is 33.4 Å². The monoisotopic (exact) mass is 234 g/mol. The Morgan fingerprint density at radius 3 is 2.53 bits per heavy atom. The fraction of sp³-hybridized carbons (Fsp3) is 0.417. The third-order valence-electron chi connectivity index (χ3n) is 2.95. The van der Waals surface area contributed by atoms with Gasteiger partial charge in [0.1, 0.15) is 0 Å². The van der Waals surface area contributed by atoms with Gasteiger partial charge in [-0.2, -0.15) is 0 Å². The van der Waals surface area contributed by atoms with Crippen molar-refractivity contribution in [2.75, 3.05) is 5.32 Å². The maximum atomic E-state index is 11.6. The Balaban J connectivity index is 2.29. The van der Waals surface area contributed by atoms with E-state index in [0.29, 0.717) is 11.3 Å². The Hall–Kier alpha value is -1.91. The van der Waals surface area contributed by atoms with Crippen LogP contribution < -0.4 is 5.32 Å². The average molecular weight is 234 g/mol. The lowest BCUT2D eigenvalue weighted by atomic mass is 10.1. The molecule has 0 atom stereocenters. The van der Waals surface area contributed by atoms with Crippen LogP contribution in [0.15, 0.2) is 12.1 Å². The number of carbonyl (C=O) groups excluding carboxylic acids is 1. The van der Waals surface area contributed by atoms with E-state index in [4.69, 9.17) is 0 Å². The summed E-state index contributed by atoms with van der Waals surface area (Å²) >= 11 is 0. The number of hydrogen-bond acceptors (Lipinski definition) is 3. The fourth-order valence-electron chi connectivity index (χ4n) is 1.75. The molecule has 5 nitrogen and oxygen atoms in total. The predicted octanol–water partition coefficient (Wildman–Crippen LogP) is 2.56. The number of nitrogens with one attached hydrogen (secondary N) is 1. The van der Waals surface area contributed by atoms with Crippen LogP contribution in [0.4, 0.5) is 11.4 Å². The van der Waals surface area contributed by atoms with Gasteiger partial charge in [-0.25, -0.2) is 0 Å². The van der Waals surface area contributed by atoms with Crippen LogP contribution in [-0.4, -0.2) is 10.8 Å². The molecule has 1 amide bonds. The lowest BCUT2D eigenvalue weighted by Crippen LogP contribution is -2.14. The van der Waals surface area contributed by atoms with Crippen molar-refractivity contribution >= 4 is 17.3 Å². The van der Waals surface area contributed by atoms with E-state index >= 15 is 0 Å². The van der Waals surface area contributed by atoms with Gasteiger partial charge in [-0.05, 0) is 38.3 Å². The van der Waals surface area contributed by atoms with Gasteiger partial charge in [-0.15, -0.1) is 0 Å². The zero-order chi connectivity index (χ0) is 12.6. The van der Waals surface area contributed by atoms with Crippen molar-refractivity contribution in [3.8, 4) is 0 Å². The highest BCUT2D eigenvalue weighted by molar-refractivity contribution is 5.95. The van der Waals surface area contributed by atoms with Crippen LogP contribution >= 0.6 is 0 Å². The van der Waals surface area contributed by atoms with Crippen LogP contribution in [0.25, 0.3) is 0 Å². The molecular formula is C12H14N2O3. The Morgan fingerprint density at radius 2 is 2.00 bits per heavy atom. The van der Waals surface area contributed by atoms with Gasteiger partial charge in [-0.1, -0.05) is 0 Å². The summed E-state index contributed by atoms with van der Waals surface area (Å²) in [6, 6.07) is 3.16. The zero-order valence-electron chi connectivity index (χ0n) is 9.82. The van der Waals surface area contributed by atoms with Gasteiger partial charge in [0, 0.05) is 17.5 Å². The van der Waals surface area contributed by atoms with Gasteiger partial charge in [0.2, 0.25) is 5.91 Å². The second kappa shape index (κ2) is 4.16. The molecule has 1 N–H and O–H groups in total. The molecule has 0 heterocycles. The van der Waals surface area contributed by atoms with Crippen molar-refractivity contribution in [1.82, 2.24) is 0 Å². The summed E-state index contributed by atoms with van der Waals surface area (Å²) in [5.74, 6) is 0.0565. The van der Waals surface area contributed by atoms with Crippen LogP contribution in [0, 0.1) is 29.9 Å². The van der Waals surface area contributed by atoms with E-state index in [0.717, 1.165) is 18.4 Å². The molecule has 0 bridgehead atoms. The number of hydrogen-bond donors (Lipinski definition) is 1. The minimum absolute atomic E-state index is 0.0359. The van der Waals surface area contributed by atoms with Gasteiger partial charge in [0.15, 0.2) is 0 Å². The minimum Gasteiger partial charge on any atom is -0.325 e. The van der Waals surface area contributed by atoms with Crippen LogP contribution in [0.3, 0.4) is 0 Å². The lowest BCUT2D eigenvalue weighted by Gasteiger charge is -2.09. The molecular weight excluding hydrogens is 220 g/mol. The Labute approximate surface area is 99.0 Å². The number of benzene rings is 1. The summed E-state index contributed by atoms with van der Waals surface area (Å²) in [6.07, 6.45) is 1.83. The molecule has 1 aliphatic carbocycles. The molecule has 90 valence electrons. The zero-order valence-corrected chi connectivity index (χ0v) is 9.82. The number of aryl methyl sites for hydroxylation is 2.